The van der Waals surface area contributed by atoms with Gasteiger partial charge in [0.05, 0.1) is 6.42 Å². The molecule has 4 nitrogen and oxygen atoms in total. The van der Waals surface area contributed by atoms with E-state index in [2.05, 4.69) is 12.6 Å². The molecule has 0 bridgehead atoms. The summed E-state index contributed by atoms with van der Waals surface area (Å²) in [5.74, 6) is -2.36. The first-order chi connectivity index (χ1) is 4.04. The molecule has 0 fully saturated rings. The molecule has 1 atom stereocenters. The average Bonchev–Trinajstić information content (AvgIpc) is 1.63. The van der Waals surface area contributed by atoms with Gasteiger partial charge in [-0.3, -0.25) is 9.59 Å². The number of carboxylic acids is 2. The van der Waals surface area contributed by atoms with Gasteiger partial charge < -0.3 is 13.1 Å². The van der Waals surface area contributed by atoms with Crippen molar-refractivity contribution in [1.82, 2.24) is 0 Å². The Bertz CT molecular complexity index is 155. The molecule has 0 aliphatic heterocycles. The summed E-state index contributed by atoms with van der Waals surface area (Å²) in [5, 5.41) is 15.0. The second kappa shape index (κ2) is 12.6. The van der Waals surface area contributed by atoms with Crippen LogP contribution in [0, 0.1) is 0 Å². The maximum atomic E-state index is 9.90. The quantitative estimate of drug-likeness (QED) is 0.434. The van der Waals surface area contributed by atoms with E-state index >= 15 is 0 Å². The fraction of sp³-hybridized carbons (Fsp3) is 0.500. The van der Waals surface area contributed by atoms with Crippen LogP contribution in [0.1, 0.15) is 9.27 Å². The monoisotopic (exact) mass is 278 g/mol. The first kappa shape index (κ1) is 23.4. The third-order valence-corrected chi connectivity index (χ3v) is 1.06. The van der Waals surface area contributed by atoms with Crippen LogP contribution in [0.5, 0.6) is 0 Å². The van der Waals surface area contributed by atoms with Crippen LogP contribution in [0.25, 0.3) is 0 Å². The Labute approximate surface area is 129 Å². The van der Waals surface area contributed by atoms with Crippen LogP contribution < -0.4 is 0 Å². The fourth-order valence-electron chi connectivity index (χ4n) is 0.253. The van der Waals surface area contributed by atoms with Crippen molar-refractivity contribution in [2.75, 3.05) is 0 Å². The molecular formula is C4H11AlCaFeO4S. The van der Waals surface area contributed by atoms with Crippen LogP contribution in [0.4, 0.5) is 0 Å². The summed E-state index contributed by atoms with van der Waals surface area (Å²) < 4.78 is 0. The Morgan fingerprint density at radius 3 is 1.83 bits per heavy atom. The van der Waals surface area contributed by atoms with Crippen molar-refractivity contribution in [2.24, 2.45) is 0 Å². The van der Waals surface area contributed by atoms with Crippen molar-refractivity contribution in [1.29, 1.82) is 0 Å². The topological polar surface area (TPSA) is 74.6 Å². The number of hydrogen-bond donors (Lipinski definition) is 3. The van der Waals surface area contributed by atoms with Gasteiger partial charge in [0, 0.05) is 17.1 Å². The summed E-state index contributed by atoms with van der Waals surface area (Å²) >= 11 is 3.48. The summed E-state index contributed by atoms with van der Waals surface area (Å²) in [6.07, 6.45) is -0.446. The van der Waals surface area contributed by atoms with Gasteiger partial charge in [-0.25, -0.2) is 0 Å². The molecule has 0 spiro atoms. The number of hydrogen-bond acceptors (Lipinski definition) is 3. The fourth-order valence-corrected chi connectivity index (χ4v) is 0.409. The minimum Gasteiger partial charge on any atom is -1.00 e. The Balaban J connectivity index is -0.0000000320. The SMILES string of the molecule is O=C(O)CC(S)C(=O)O.[AlH3].[Ca+2].[Fe].[H-].[H-]. The van der Waals surface area contributed by atoms with Gasteiger partial charge in [-0.05, 0) is 0 Å². The van der Waals surface area contributed by atoms with Gasteiger partial charge in [0.25, 0.3) is 0 Å². The first-order valence-electron chi connectivity index (χ1n) is 2.16. The van der Waals surface area contributed by atoms with Gasteiger partial charge in [-0.2, -0.15) is 12.6 Å². The van der Waals surface area contributed by atoms with E-state index in [1.54, 1.807) is 0 Å². The normalized spacial score (nSPS) is 9.42. The van der Waals surface area contributed by atoms with Crippen molar-refractivity contribution in [3.63, 3.8) is 0 Å². The van der Waals surface area contributed by atoms with Gasteiger partial charge in [0.15, 0.2) is 17.4 Å². The van der Waals surface area contributed by atoms with Gasteiger partial charge in [0.1, 0.15) is 5.25 Å². The van der Waals surface area contributed by atoms with Crippen molar-refractivity contribution < 1.29 is 39.7 Å². The molecule has 2 N–H and O–H groups in total. The summed E-state index contributed by atoms with van der Waals surface area (Å²) in [6, 6.07) is 0. The number of aliphatic carboxylic acids is 2. The van der Waals surface area contributed by atoms with E-state index in [-0.39, 0.29) is 75.0 Å². The molecule has 1 unspecified atom stereocenters. The van der Waals surface area contributed by atoms with E-state index in [1.807, 2.05) is 0 Å². The smallest absolute Gasteiger partial charge is 1.00 e. The van der Waals surface area contributed by atoms with Gasteiger partial charge in [-0.1, -0.05) is 0 Å². The maximum absolute atomic E-state index is 9.90. The summed E-state index contributed by atoms with van der Waals surface area (Å²) in [4.78, 5) is 19.7. The summed E-state index contributed by atoms with van der Waals surface area (Å²) in [7, 11) is 0. The predicted molar refractivity (Wildman–Crippen MR) is 50.6 cm³/mol. The number of carboxylic acid groups (broad SMARTS) is 2. The number of rotatable bonds is 3. The summed E-state index contributed by atoms with van der Waals surface area (Å²) in [6.45, 7) is 0. The molecule has 0 saturated carbocycles. The molecule has 0 aromatic carbocycles. The van der Waals surface area contributed by atoms with Crippen LogP contribution in [0.2, 0.25) is 0 Å². The Morgan fingerprint density at radius 1 is 1.42 bits per heavy atom. The van der Waals surface area contributed by atoms with Crippen LogP contribution >= 0.6 is 12.6 Å². The van der Waals surface area contributed by atoms with Gasteiger partial charge in [0.2, 0.25) is 0 Å². The summed E-state index contributed by atoms with van der Waals surface area (Å²) in [5.41, 5.74) is 0. The van der Waals surface area contributed by atoms with E-state index in [4.69, 9.17) is 10.2 Å². The minimum absolute atomic E-state index is 0. The minimum atomic E-state index is -1.21. The molecule has 12 heavy (non-hydrogen) atoms. The van der Waals surface area contributed by atoms with E-state index < -0.39 is 23.6 Å². The molecule has 0 aromatic rings. The molecule has 8 heteroatoms. The molecule has 0 radical (unpaired) electrons. The molecule has 0 aliphatic rings. The third-order valence-electron chi connectivity index (χ3n) is 0.653. The zero-order valence-electron chi connectivity index (χ0n) is 7.50. The average molecular weight is 278 g/mol. The zero-order valence-corrected chi connectivity index (χ0v) is 9.71. The number of carbonyl (C=O) groups is 2. The van der Waals surface area contributed by atoms with Crippen LogP contribution in [-0.2, 0) is 26.7 Å². The van der Waals surface area contributed by atoms with Crippen LogP contribution in [-0.4, -0.2) is 82.5 Å². The second-order valence-corrected chi connectivity index (χ2v) is 2.08. The molecule has 0 rings (SSSR count). The van der Waals surface area contributed by atoms with E-state index in [0.29, 0.717) is 0 Å². The molecule has 0 aliphatic carbocycles. The molecule has 0 heterocycles. The van der Waals surface area contributed by atoms with E-state index in [9.17, 15) is 9.59 Å². The molecular weight excluding hydrogens is 267 g/mol. The largest absolute Gasteiger partial charge is 2.00 e. The standard InChI is InChI=1S/C4H6O4S.Al.Ca.Fe.5H/c5-3(6)1-2(9)4(7)8;;;;;;;;/h2,9H,1H2,(H,5,6)(H,7,8);;;;;;;;/q;;+2;;;;;2*-1. The first-order valence-corrected chi connectivity index (χ1v) is 2.68. The van der Waals surface area contributed by atoms with Crippen molar-refractivity contribution in [2.45, 2.75) is 11.7 Å². The third kappa shape index (κ3) is 14.1. The molecule has 70 valence electrons. The Kier molecular flexibility index (Phi) is 24.6. The molecule has 0 saturated heterocycles. The Hall–Kier alpha value is 1.60. The molecule has 0 amide bonds. The van der Waals surface area contributed by atoms with Crippen LogP contribution in [0.15, 0.2) is 0 Å². The second-order valence-electron chi connectivity index (χ2n) is 1.45. The predicted octanol–water partition coefficient (Wildman–Crippen LogP) is -1.50. The molecule has 0 aromatic heterocycles. The van der Waals surface area contributed by atoms with E-state index in [0.717, 1.165) is 0 Å². The van der Waals surface area contributed by atoms with Gasteiger partial charge in [-0.15, -0.1) is 0 Å². The number of thiol groups is 1. The zero-order chi connectivity index (χ0) is 7.44. The van der Waals surface area contributed by atoms with Crippen molar-refractivity contribution in [3.05, 3.63) is 0 Å². The van der Waals surface area contributed by atoms with Crippen molar-refractivity contribution in [3.8, 4) is 0 Å². The van der Waals surface area contributed by atoms with E-state index in [1.165, 1.54) is 0 Å². The van der Waals surface area contributed by atoms with Crippen LogP contribution in [0.3, 0.4) is 0 Å². The Morgan fingerprint density at radius 2 is 1.75 bits per heavy atom. The van der Waals surface area contributed by atoms with Gasteiger partial charge >= 0.3 is 49.7 Å². The van der Waals surface area contributed by atoms with Crippen molar-refractivity contribution >= 4 is 79.7 Å². The maximum Gasteiger partial charge on any atom is 2.00 e.